The minimum Gasteiger partial charge on any atom is -0.444 e. The van der Waals surface area contributed by atoms with Crippen molar-refractivity contribution in [2.45, 2.75) is 31.9 Å². The van der Waals surface area contributed by atoms with Crippen LogP contribution in [0.4, 0.5) is 4.79 Å². The van der Waals surface area contributed by atoms with Crippen LogP contribution < -0.4 is 10.6 Å². The molecule has 2 aliphatic rings. The standard InChI is InChI=1S/C13H25N3O2S/c1-12(2,3)18-11(17)15-8-13(9-19-10-13)16-6-4-14-5-7-16/h14H,4-10H2,1-3H3,(H,15,17). The highest BCUT2D eigenvalue weighted by Gasteiger charge is 2.43. The van der Waals surface area contributed by atoms with Crippen molar-refractivity contribution in [2.75, 3.05) is 44.2 Å². The number of alkyl carbamates (subject to hydrolysis) is 1. The van der Waals surface area contributed by atoms with Gasteiger partial charge in [-0.05, 0) is 20.8 Å². The summed E-state index contributed by atoms with van der Waals surface area (Å²) in [5, 5.41) is 6.31. The molecule has 0 radical (unpaired) electrons. The number of piperazine rings is 1. The Kier molecular flexibility index (Phi) is 4.63. The van der Waals surface area contributed by atoms with Gasteiger partial charge in [0.1, 0.15) is 5.60 Å². The van der Waals surface area contributed by atoms with Crippen molar-refractivity contribution < 1.29 is 9.53 Å². The minimum atomic E-state index is -0.430. The molecule has 2 saturated heterocycles. The summed E-state index contributed by atoms with van der Waals surface area (Å²) in [6.45, 7) is 10.6. The van der Waals surface area contributed by atoms with Crippen LogP contribution in [-0.2, 0) is 4.74 Å². The van der Waals surface area contributed by atoms with E-state index in [1.54, 1.807) is 0 Å². The fourth-order valence-electron chi connectivity index (χ4n) is 2.42. The lowest BCUT2D eigenvalue weighted by molar-refractivity contribution is 0.0454. The van der Waals surface area contributed by atoms with Crippen LogP contribution in [0.2, 0.25) is 0 Å². The number of thioether (sulfide) groups is 1. The van der Waals surface area contributed by atoms with Crippen LogP contribution in [-0.4, -0.2) is 66.4 Å². The average Bonchev–Trinajstić information content (AvgIpc) is 2.26. The van der Waals surface area contributed by atoms with Crippen LogP contribution in [0, 0.1) is 0 Å². The topological polar surface area (TPSA) is 53.6 Å². The van der Waals surface area contributed by atoms with Gasteiger partial charge in [-0.2, -0.15) is 11.8 Å². The smallest absolute Gasteiger partial charge is 0.407 e. The Bertz CT molecular complexity index is 320. The van der Waals surface area contributed by atoms with E-state index in [-0.39, 0.29) is 11.6 Å². The molecule has 2 rings (SSSR count). The molecule has 0 atom stereocenters. The molecule has 6 heteroatoms. The van der Waals surface area contributed by atoms with Gasteiger partial charge >= 0.3 is 6.09 Å². The maximum absolute atomic E-state index is 11.8. The molecule has 0 unspecified atom stereocenters. The number of amides is 1. The maximum atomic E-state index is 11.8. The predicted octanol–water partition coefficient (Wildman–Crippen LogP) is 0.902. The van der Waals surface area contributed by atoms with Gasteiger partial charge in [-0.1, -0.05) is 0 Å². The SMILES string of the molecule is CC(C)(C)OC(=O)NCC1(N2CCNCC2)CSC1. The third-order valence-electron chi connectivity index (χ3n) is 3.49. The van der Waals surface area contributed by atoms with Crippen LogP contribution in [0.5, 0.6) is 0 Å². The Morgan fingerprint density at radius 3 is 2.47 bits per heavy atom. The van der Waals surface area contributed by atoms with E-state index in [0.717, 1.165) is 37.7 Å². The summed E-state index contributed by atoms with van der Waals surface area (Å²) in [7, 11) is 0. The molecule has 0 spiro atoms. The quantitative estimate of drug-likeness (QED) is 0.808. The van der Waals surface area contributed by atoms with Gasteiger partial charge in [0.15, 0.2) is 0 Å². The van der Waals surface area contributed by atoms with Gasteiger partial charge in [0, 0.05) is 44.2 Å². The lowest BCUT2D eigenvalue weighted by Gasteiger charge is -2.51. The van der Waals surface area contributed by atoms with E-state index in [0.29, 0.717) is 6.54 Å². The fourth-order valence-corrected chi connectivity index (χ4v) is 3.67. The second-order valence-electron chi connectivity index (χ2n) is 6.31. The van der Waals surface area contributed by atoms with Crippen molar-refractivity contribution in [1.29, 1.82) is 0 Å². The molecule has 0 saturated carbocycles. The number of hydrogen-bond donors (Lipinski definition) is 2. The molecule has 5 nitrogen and oxygen atoms in total. The molecule has 2 heterocycles. The Morgan fingerprint density at radius 2 is 2.00 bits per heavy atom. The van der Waals surface area contributed by atoms with E-state index in [1.165, 1.54) is 0 Å². The largest absolute Gasteiger partial charge is 0.444 e. The van der Waals surface area contributed by atoms with E-state index in [1.807, 2.05) is 32.5 Å². The molecular weight excluding hydrogens is 262 g/mol. The van der Waals surface area contributed by atoms with Crippen LogP contribution in [0.15, 0.2) is 0 Å². The number of hydrogen-bond acceptors (Lipinski definition) is 5. The van der Waals surface area contributed by atoms with Gasteiger partial charge in [-0.3, -0.25) is 4.90 Å². The molecule has 1 amide bonds. The van der Waals surface area contributed by atoms with Gasteiger partial charge in [0.05, 0.1) is 5.54 Å². The Hall–Kier alpha value is -0.460. The lowest BCUT2D eigenvalue weighted by Crippen LogP contribution is -2.67. The first-order chi connectivity index (χ1) is 8.91. The summed E-state index contributed by atoms with van der Waals surface area (Å²) in [5.74, 6) is 2.20. The van der Waals surface area contributed by atoms with Crippen LogP contribution in [0.3, 0.4) is 0 Å². The molecule has 0 aromatic rings. The average molecular weight is 287 g/mol. The number of nitrogens with one attached hydrogen (secondary N) is 2. The Labute approximate surface area is 119 Å². The molecular formula is C13H25N3O2S. The zero-order valence-corrected chi connectivity index (χ0v) is 12.9. The number of nitrogens with zero attached hydrogens (tertiary/aromatic N) is 1. The summed E-state index contributed by atoms with van der Waals surface area (Å²) < 4.78 is 5.30. The van der Waals surface area contributed by atoms with E-state index in [4.69, 9.17) is 4.74 Å². The van der Waals surface area contributed by atoms with Crippen LogP contribution >= 0.6 is 11.8 Å². The Balaban J connectivity index is 1.83. The molecule has 2 aliphatic heterocycles. The van der Waals surface area contributed by atoms with E-state index >= 15 is 0 Å². The monoisotopic (exact) mass is 287 g/mol. The summed E-state index contributed by atoms with van der Waals surface area (Å²) >= 11 is 1.95. The van der Waals surface area contributed by atoms with Gasteiger partial charge in [-0.15, -0.1) is 0 Å². The van der Waals surface area contributed by atoms with Crippen molar-refractivity contribution in [3.63, 3.8) is 0 Å². The molecule has 110 valence electrons. The van der Waals surface area contributed by atoms with Gasteiger partial charge in [0.25, 0.3) is 0 Å². The normalized spacial score (nSPS) is 23.5. The molecule has 0 aromatic heterocycles. The lowest BCUT2D eigenvalue weighted by atomic mass is 10.00. The number of carbonyl (C=O) groups excluding carboxylic acids is 1. The van der Waals surface area contributed by atoms with Crippen molar-refractivity contribution in [3.8, 4) is 0 Å². The second-order valence-corrected chi connectivity index (χ2v) is 7.30. The van der Waals surface area contributed by atoms with Gasteiger partial charge < -0.3 is 15.4 Å². The van der Waals surface area contributed by atoms with Crippen molar-refractivity contribution in [3.05, 3.63) is 0 Å². The zero-order chi connectivity index (χ0) is 13.9. The third kappa shape index (κ3) is 4.00. The first-order valence-electron chi connectivity index (χ1n) is 6.92. The van der Waals surface area contributed by atoms with Crippen LogP contribution in [0.25, 0.3) is 0 Å². The van der Waals surface area contributed by atoms with E-state index in [9.17, 15) is 4.79 Å². The van der Waals surface area contributed by atoms with E-state index < -0.39 is 5.60 Å². The zero-order valence-electron chi connectivity index (χ0n) is 12.1. The molecule has 0 aliphatic carbocycles. The summed E-state index contributed by atoms with van der Waals surface area (Å²) in [4.78, 5) is 14.3. The molecule has 2 N–H and O–H groups in total. The van der Waals surface area contributed by atoms with Crippen molar-refractivity contribution >= 4 is 17.9 Å². The van der Waals surface area contributed by atoms with Gasteiger partial charge in [0.2, 0.25) is 0 Å². The first-order valence-corrected chi connectivity index (χ1v) is 8.07. The highest BCUT2D eigenvalue weighted by atomic mass is 32.2. The number of carbonyl (C=O) groups is 1. The van der Waals surface area contributed by atoms with Gasteiger partial charge in [-0.25, -0.2) is 4.79 Å². The van der Waals surface area contributed by atoms with Crippen molar-refractivity contribution in [1.82, 2.24) is 15.5 Å². The number of rotatable bonds is 3. The molecule has 0 aromatic carbocycles. The van der Waals surface area contributed by atoms with Crippen LogP contribution in [0.1, 0.15) is 20.8 Å². The minimum absolute atomic E-state index is 0.143. The third-order valence-corrected chi connectivity index (χ3v) is 4.97. The highest BCUT2D eigenvalue weighted by molar-refractivity contribution is 8.00. The molecule has 0 bridgehead atoms. The summed E-state index contributed by atoms with van der Waals surface area (Å²) in [5.41, 5.74) is -0.287. The predicted molar refractivity (Wildman–Crippen MR) is 78.7 cm³/mol. The van der Waals surface area contributed by atoms with Crippen molar-refractivity contribution in [2.24, 2.45) is 0 Å². The molecule has 19 heavy (non-hydrogen) atoms. The highest BCUT2D eigenvalue weighted by Crippen LogP contribution is 2.34. The first kappa shape index (κ1) is 14.9. The summed E-state index contributed by atoms with van der Waals surface area (Å²) in [6, 6.07) is 0. The fraction of sp³-hybridized carbons (Fsp3) is 0.923. The Morgan fingerprint density at radius 1 is 1.37 bits per heavy atom. The van der Waals surface area contributed by atoms with E-state index in [2.05, 4.69) is 15.5 Å². The number of ether oxygens (including phenoxy) is 1. The second kappa shape index (κ2) is 5.89. The summed E-state index contributed by atoms with van der Waals surface area (Å²) in [6.07, 6.45) is -0.307. The molecule has 2 fully saturated rings. The maximum Gasteiger partial charge on any atom is 0.407 e.